The van der Waals surface area contributed by atoms with E-state index in [9.17, 15) is 0 Å². The summed E-state index contributed by atoms with van der Waals surface area (Å²) in [5.74, 6) is -0.708. The largest absolute Gasteiger partial charge is 0.201 e. The van der Waals surface area contributed by atoms with E-state index in [4.69, 9.17) is 81.2 Å². The summed E-state index contributed by atoms with van der Waals surface area (Å²) in [5, 5.41) is 1.36. The molecule has 2 aromatic rings. The van der Waals surface area contributed by atoms with Crippen molar-refractivity contribution in [1.82, 2.24) is 0 Å². The molecule has 112 valence electrons. The van der Waals surface area contributed by atoms with Crippen LogP contribution in [0.2, 0.25) is 20.1 Å². The smallest absolute Gasteiger partial charge is 0.0827 e. The number of hydrogen-bond donors (Lipinski definition) is 0. The summed E-state index contributed by atoms with van der Waals surface area (Å²) in [5.41, 5.74) is 1.13. The van der Waals surface area contributed by atoms with Crippen LogP contribution < -0.4 is 0 Å². The number of halogens is 7. The molecule has 0 aliphatic rings. The van der Waals surface area contributed by atoms with Gasteiger partial charge in [-0.3, -0.25) is 0 Å². The van der Waals surface area contributed by atoms with Crippen LogP contribution in [0.5, 0.6) is 0 Å². The average Bonchev–Trinajstić information content (AvgIpc) is 2.38. The van der Waals surface area contributed by atoms with Gasteiger partial charge in [0, 0.05) is 0 Å². The first kappa shape index (κ1) is 17.8. The van der Waals surface area contributed by atoms with Gasteiger partial charge in [0.15, 0.2) is 0 Å². The molecule has 0 nitrogen and oxygen atoms in total. The lowest BCUT2D eigenvalue weighted by Crippen LogP contribution is -2.19. The van der Waals surface area contributed by atoms with Crippen LogP contribution >= 0.6 is 81.2 Å². The highest BCUT2D eigenvalue weighted by atomic mass is 35.6. The molecule has 0 unspecified atom stereocenters. The van der Waals surface area contributed by atoms with Crippen molar-refractivity contribution in [2.45, 2.75) is 9.71 Å². The van der Waals surface area contributed by atoms with Crippen molar-refractivity contribution in [1.29, 1.82) is 0 Å². The molecular formula is C14H7Cl7. The minimum absolute atomic E-state index is 0.312. The summed E-state index contributed by atoms with van der Waals surface area (Å²) >= 11 is 43.0. The maximum absolute atomic E-state index is 6.25. The van der Waals surface area contributed by atoms with Gasteiger partial charge in [-0.25, -0.2) is 0 Å². The third-order valence-electron chi connectivity index (χ3n) is 2.91. The molecule has 0 heterocycles. The van der Waals surface area contributed by atoms with Gasteiger partial charge in [-0.2, -0.15) is 0 Å². The maximum atomic E-state index is 6.25. The highest BCUT2D eigenvalue weighted by Gasteiger charge is 2.38. The highest BCUT2D eigenvalue weighted by molar-refractivity contribution is 6.68. The van der Waals surface area contributed by atoms with Gasteiger partial charge in [-0.1, -0.05) is 105 Å². The minimum Gasteiger partial charge on any atom is -0.0827 e. The SMILES string of the molecule is Clc1cccc(C(c2cccc(Cl)c2Cl)C(Cl)(Cl)Cl)c1Cl. The number of benzene rings is 2. The van der Waals surface area contributed by atoms with Crippen molar-refractivity contribution in [2.24, 2.45) is 0 Å². The van der Waals surface area contributed by atoms with Gasteiger partial charge in [-0.15, -0.1) is 0 Å². The van der Waals surface area contributed by atoms with Gasteiger partial charge in [0.25, 0.3) is 0 Å². The summed E-state index contributed by atoms with van der Waals surface area (Å²) in [7, 11) is 0. The zero-order chi connectivity index (χ0) is 15.8. The fourth-order valence-corrected chi connectivity index (χ4v) is 3.55. The minimum atomic E-state index is -1.68. The van der Waals surface area contributed by atoms with Gasteiger partial charge < -0.3 is 0 Å². The van der Waals surface area contributed by atoms with Crippen LogP contribution in [0.25, 0.3) is 0 Å². The zero-order valence-corrected chi connectivity index (χ0v) is 15.5. The molecular weight excluding hydrogens is 416 g/mol. The Labute approximate surface area is 157 Å². The van der Waals surface area contributed by atoms with Gasteiger partial charge in [0.2, 0.25) is 3.79 Å². The maximum Gasteiger partial charge on any atom is 0.201 e. The van der Waals surface area contributed by atoms with Crippen LogP contribution in [0, 0.1) is 0 Å². The summed E-state index contributed by atoms with van der Waals surface area (Å²) in [6.07, 6.45) is 0. The quantitative estimate of drug-likeness (QED) is 0.432. The molecule has 21 heavy (non-hydrogen) atoms. The van der Waals surface area contributed by atoms with E-state index in [1.807, 2.05) is 0 Å². The normalized spacial score (nSPS) is 12.0. The Hall–Kier alpha value is 0.470. The van der Waals surface area contributed by atoms with Crippen LogP contribution in [0.3, 0.4) is 0 Å². The van der Waals surface area contributed by atoms with Gasteiger partial charge in [0.05, 0.1) is 26.0 Å². The van der Waals surface area contributed by atoms with Crippen LogP contribution in [-0.2, 0) is 0 Å². The van der Waals surface area contributed by atoms with Crippen molar-refractivity contribution >= 4 is 81.2 Å². The standard InChI is InChI=1S/C14H7Cl7/c15-9-5-1-3-7(12(9)17)11(14(19,20)21)8-4-2-6-10(16)13(8)18/h1-6,11H. The number of alkyl halides is 3. The van der Waals surface area contributed by atoms with E-state index in [1.54, 1.807) is 36.4 Å². The third-order valence-corrected chi connectivity index (χ3v) is 5.23. The predicted octanol–water partition coefficient (Wildman–Crippen LogP) is 7.80. The fraction of sp³-hybridized carbons (Fsp3) is 0.143. The van der Waals surface area contributed by atoms with Crippen molar-refractivity contribution in [3.8, 4) is 0 Å². The van der Waals surface area contributed by atoms with E-state index in [1.165, 1.54) is 0 Å². The molecule has 0 saturated heterocycles. The summed E-state index contributed by atoms with van der Waals surface area (Å²) in [6, 6.07) is 10.2. The Balaban J connectivity index is 2.71. The second kappa shape index (κ2) is 6.93. The molecule has 0 aliphatic heterocycles. The lowest BCUT2D eigenvalue weighted by molar-refractivity contribution is 0.840. The van der Waals surface area contributed by atoms with E-state index in [-0.39, 0.29) is 0 Å². The van der Waals surface area contributed by atoms with Crippen molar-refractivity contribution in [3.63, 3.8) is 0 Å². The Morgan fingerprint density at radius 3 is 1.38 bits per heavy atom. The second-order valence-corrected chi connectivity index (χ2v) is 8.20. The molecule has 0 atom stereocenters. The molecule has 0 aliphatic carbocycles. The number of hydrogen-bond acceptors (Lipinski definition) is 0. The highest BCUT2D eigenvalue weighted by Crippen LogP contribution is 2.50. The lowest BCUT2D eigenvalue weighted by atomic mass is 9.92. The molecule has 0 radical (unpaired) electrons. The molecule has 0 spiro atoms. The average molecular weight is 423 g/mol. The molecule has 2 aromatic carbocycles. The summed E-state index contributed by atoms with van der Waals surface area (Å²) in [6.45, 7) is 0. The Kier molecular flexibility index (Phi) is 5.88. The van der Waals surface area contributed by atoms with Crippen molar-refractivity contribution in [2.75, 3.05) is 0 Å². The number of rotatable bonds is 2. The third kappa shape index (κ3) is 3.87. The van der Waals surface area contributed by atoms with E-state index in [0.29, 0.717) is 31.2 Å². The van der Waals surface area contributed by atoms with Gasteiger partial charge in [0.1, 0.15) is 0 Å². The second-order valence-electron chi connectivity index (χ2n) is 4.26. The van der Waals surface area contributed by atoms with E-state index >= 15 is 0 Å². The van der Waals surface area contributed by atoms with E-state index < -0.39 is 9.71 Å². The van der Waals surface area contributed by atoms with Crippen molar-refractivity contribution < 1.29 is 0 Å². The van der Waals surface area contributed by atoms with Crippen LogP contribution in [0.4, 0.5) is 0 Å². The van der Waals surface area contributed by atoms with E-state index in [0.717, 1.165) is 0 Å². The predicted molar refractivity (Wildman–Crippen MR) is 95.1 cm³/mol. The fourth-order valence-electron chi connectivity index (χ4n) is 2.01. The summed E-state index contributed by atoms with van der Waals surface area (Å²) < 4.78 is -1.68. The molecule has 0 saturated carbocycles. The Morgan fingerprint density at radius 2 is 1.05 bits per heavy atom. The molecule has 0 aromatic heterocycles. The molecule has 0 fully saturated rings. The Bertz CT molecular complexity index is 609. The van der Waals surface area contributed by atoms with Crippen LogP contribution in [0.15, 0.2) is 36.4 Å². The molecule has 2 rings (SSSR count). The summed E-state index contributed by atoms with van der Waals surface area (Å²) in [4.78, 5) is 0. The van der Waals surface area contributed by atoms with Gasteiger partial charge >= 0.3 is 0 Å². The first-order chi connectivity index (χ1) is 9.73. The molecule has 0 amide bonds. The molecule has 0 bridgehead atoms. The lowest BCUT2D eigenvalue weighted by Gasteiger charge is -2.27. The van der Waals surface area contributed by atoms with Crippen LogP contribution in [-0.4, -0.2) is 3.79 Å². The van der Waals surface area contributed by atoms with Gasteiger partial charge in [-0.05, 0) is 23.3 Å². The molecule has 0 N–H and O–H groups in total. The molecule has 7 heteroatoms. The Morgan fingerprint density at radius 1 is 0.667 bits per heavy atom. The van der Waals surface area contributed by atoms with Crippen molar-refractivity contribution in [3.05, 3.63) is 67.6 Å². The first-order valence-electron chi connectivity index (χ1n) is 5.68. The van der Waals surface area contributed by atoms with Crippen LogP contribution in [0.1, 0.15) is 17.0 Å². The monoisotopic (exact) mass is 420 g/mol. The zero-order valence-electron chi connectivity index (χ0n) is 10.2. The topological polar surface area (TPSA) is 0 Å². The first-order valence-corrected chi connectivity index (χ1v) is 8.32. The van der Waals surface area contributed by atoms with E-state index in [2.05, 4.69) is 0 Å².